The molecule has 0 radical (unpaired) electrons. The molecule has 12 aromatic heterocycles. The van der Waals surface area contributed by atoms with E-state index < -0.39 is 18.1 Å². The molecule has 0 fully saturated rings. The lowest BCUT2D eigenvalue weighted by atomic mass is 9.82. The molecule has 32 rings (SSSR count). The zero-order valence-corrected chi connectivity index (χ0v) is 81.4. The SMILES string of the molecule is CC1(C)c2ccccc2-c2ccc(-c3nc(-c4ccc(-n5c6ccccc6c6c7ccccc7c7sc8ccccc8c7c65)cc4)nc4cccnc34)cc21.[2H]c1c([2H])c([2H])c(-c2nc(-c3cccc(-n4c5ccccc5c5c6ccccc6c6sc7ccccc7c6c54)c3)nc3cccnc23)c([2H])c1[2H].c1ccc(-c2nc(-c3cccc(-n4c5ccccc5c5c6ccccc6c6sc7ccccc7c6c54)c3)nc3cccnc23)cc1. The van der Waals surface area contributed by atoms with Gasteiger partial charge in [-0.1, -0.05) is 317 Å². The van der Waals surface area contributed by atoms with Crippen LogP contribution in [0.1, 0.15) is 31.8 Å². The zero-order chi connectivity index (χ0) is 101. The predicted molar refractivity (Wildman–Crippen MR) is 616 cm³/mol. The highest BCUT2D eigenvalue weighted by atomic mass is 32.1. The molecule has 19 aromatic carbocycles. The van der Waals surface area contributed by atoms with Gasteiger partial charge in [0.25, 0.3) is 0 Å². The molecule has 147 heavy (non-hydrogen) atoms. The molecule has 0 saturated carbocycles. The molecule has 686 valence electrons. The van der Waals surface area contributed by atoms with E-state index in [2.05, 4.69) is 371 Å². The van der Waals surface area contributed by atoms with Crippen molar-refractivity contribution in [2.45, 2.75) is 19.3 Å². The van der Waals surface area contributed by atoms with Crippen LogP contribution < -0.4 is 0 Å². The lowest BCUT2D eigenvalue weighted by Gasteiger charge is -2.22. The largest absolute Gasteiger partial charge is 0.309 e. The zero-order valence-electron chi connectivity index (χ0n) is 83.9. The summed E-state index contributed by atoms with van der Waals surface area (Å²) in [4.78, 5) is 44.3. The van der Waals surface area contributed by atoms with Crippen LogP contribution in [0.3, 0.4) is 0 Å². The first kappa shape index (κ1) is 79.1. The average Bonchev–Trinajstić information content (AvgIpc) is 1.54. The first-order valence-electron chi connectivity index (χ1n) is 51.6. The fraction of sp³-hybridized carbons (Fsp3) is 0.0227. The molecule has 0 aliphatic heterocycles. The number of thiophene rings is 3. The molecular formula is C132H80N12S3. The number of hydrogen-bond donors (Lipinski definition) is 0. The van der Waals surface area contributed by atoms with E-state index in [0.717, 1.165) is 89.2 Å². The summed E-state index contributed by atoms with van der Waals surface area (Å²) in [6.45, 7) is 4.63. The summed E-state index contributed by atoms with van der Waals surface area (Å²) < 4.78 is 57.2. The van der Waals surface area contributed by atoms with Gasteiger partial charge in [0.2, 0.25) is 0 Å². The minimum Gasteiger partial charge on any atom is -0.309 e. The normalized spacial score (nSPS) is 13.0. The molecule has 0 saturated heterocycles. The maximum atomic E-state index is 8.71. The molecule has 0 unspecified atom stereocenters. The van der Waals surface area contributed by atoms with E-state index in [1.54, 1.807) is 24.5 Å². The second kappa shape index (κ2) is 33.3. The molecule has 1 aliphatic rings. The van der Waals surface area contributed by atoms with Crippen molar-refractivity contribution in [2.75, 3.05) is 0 Å². The van der Waals surface area contributed by atoms with Crippen molar-refractivity contribution in [3.63, 3.8) is 0 Å². The summed E-state index contributed by atoms with van der Waals surface area (Å²) in [6.07, 6.45) is 5.23. The fourth-order valence-corrected chi connectivity index (χ4v) is 26.9. The highest BCUT2D eigenvalue weighted by Crippen LogP contribution is 2.55. The van der Waals surface area contributed by atoms with E-state index >= 15 is 0 Å². The maximum Gasteiger partial charge on any atom is 0.160 e. The van der Waals surface area contributed by atoms with Gasteiger partial charge in [0.05, 0.1) is 56.5 Å². The average molecular weight is 1940 g/mol. The number of para-hydroxylation sites is 3. The second-order valence-electron chi connectivity index (χ2n) is 38.0. The van der Waals surface area contributed by atoms with Gasteiger partial charge in [-0.25, -0.2) is 29.9 Å². The Labute approximate surface area is 860 Å². The van der Waals surface area contributed by atoms with Crippen molar-refractivity contribution < 1.29 is 6.85 Å². The molecule has 0 spiro atoms. The summed E-state index contributed by atoms with van der Waals surface area (Å²) in [7, 11) is 0. The predicted octanol–water partition coefficient (Wildman–Crippen LogP) is 35.2. The highest BCUT2D eigenvalue weighted by Gasteiger charge is 2.37. The van der Waals surface area contributed by atoms with Crippen molar-refractivity contribution in [3.8, 4) is 96.1 Å². The first-order valence-corrected chi connectivity index (χ1v) is 51.6. The van der Waals surface area contributed by atoms with Crippen molar-refractivity contribution in [2.24, 2.45) is 0 Å². The summed E-state index contributed by atoms with van der Waals surface area (Å²) in [5.74, 6) is 1.72. The Hall–Kier alpha value is -18.5. The van der Waals surface area contributed by atoms with Crippen LogP contribution in [0.2, 0.25) is 0 Å². The fourth-order valence-electron chi connectivity index (χ4n) is 23.2. The van der Waals surface area contributed by atoms with Crippen molar-refractivity contribution in [3.05, 3.63) is 460 Å². The highest BCUT2D eigenvalue weighted by molar-refractivity contribution is 7.28. The van der Waals surface area contributed by atoms with Gasteiger partial charge in [-0.2, -0.15) is 0 Å². The number of pyridine rings is 3. The third kappa shape index (κ3) is 13.1. The smallest absolute Gasteiger partial charge is 0.160 e. The van der Waals surface area contributed by atoms with Crippen LogP contribution in [0.5, 0.6) is 0 Å². The topological polar surface area (TPSA) is 131 Å². The van der Waals surface area contributed by atoms with Crippen molar-refractivity contribution in [1.29, 1.82) is 0 Å². The third-order valence-electron chi connectivity index (χ3n) is 29.6. The van der Waals surface area contributed by atoms with Crippen LogP contribution in [-0.2, 0) is 5.41 Å². The van der Waals surface area contributed by atoms with Gasteiger partial charge in [-0.15, -0.1) is 34.0 Å². The summed E-state index contributed by atoms with van der Waals surface area (Å²) in [5.41, 5.74) is 26.0. The van der Waals surface area contributed by atoms with E-state index in [1.165, 1.54) is 164 Å². The lowest BCUT2D eigenvalue weighted by molar-refractivity contribution is 0.660. The number of aromatic nitrogens is 12. The minimum atomic E-state index is -0.459. The monoisotopic (exact) mass is 1930 g/mol. The Bertz CT molecular complexity index is 11300. The van der Waals surface area contributed by atoms with E-state index in [-0.39, 0.29) is 28.8 Å². The third-order valence-corrected chi connectivity index (χ3v) is 33.2. The molecule has 0 N–H and O–H groups in total. The van der Waals surface area contributed by atoms with E-state index in [4.69, 9.17) is 41.7 Å². The molecule has 0 bridgehead atoms. The molecule has 31 aromatic rings. The number of hydrogen-bond acceptors (Lipinski definition) is 12. The number of benzene rings is 19. The van der Waals surface area contributed by atoms with Gasteiger partial charge < -0.3 is 13.7 Å². The molecule has 0 amide bonds. The lowest BCUT2D eigenvalue weighted by Crippen LogP contribution is -2.15. The van der Waals surface area contributed by atoms with Crippen molar-refractivity contribution >= 4 is 225 Å². The summed E-state index contributed by atoms with van der Waals surface area (Å²) in [6, 6.07) is 140. The van der Waals surface area contributed by atoms with E-state index in [0.29, 0.717) is 34.1 Å². The quantitative estimate of drug-likeness (QED) is 0.139. The molecule has 12 nitrogen and oxygen atoms in total. The standard InChI is InChI=1S/C50H32N4S.2C41H24N4S/c1-50(2)38-17-8-5-12-32(38)33-26-23-30(28-39(33)50)45-46-40(18-11-27-51-46)52-49(53-45)29-21-24-31(25-22-29)54-41-19-9-6-15-36(41)43-34-13-3-4-14-35(34)48-44(47(43)54)37-16-7-10-20-42(37)55-48;2*1-2-12-25(13-3-1)37-38-32(20-11-23-42-38)43-41(44-37)26-14-10-15-27(24-26)45-33-21-8-6-18-30(33)35-28-16-4-5-17-29(28)40-36(39(35)45)31-19-7-9-22-34(31)46-40/h3-28H,1-2H3;2*1-24H/i;1D,2D,3D,12D,13D;. The van der Waals surface area contributed by atoms with Crippen LogP contribution in [0.25, 0.3) is 287 Å². The Morgan fingerprint density at radius 1 is 0.238 bits per heavy atom. The van der Waals surface area contributed by atoms with Crippen molar-refractivity contribution in [1.82, 2.24) is 58.6 Å². The van der Waals surface area contributed by atoms with Crippen LogP contribution in [0, 0.1) is 0 Å². The van der Waals surface area contributed by atoms with Crippen LogP contribution in [0.4, 0.5) is 0 Å². The maximum absolute atomic E-state index is 8.71. The van der Waals surface area contributed by atoms with Crippen LogP contribution in [-0.4, -0.2) is 58.6 Å². The van der Waals surface area contributed by atoms with Gasteiger partial charge in [0.15, 0.2) is 17.5 Å². The molecule has 12 heterocycles. The first-order chi connectivity index (χ1) is 74.8. The minimum absolute atomic E-state index is 0.00879. The Kier molecular flexibility index (Phi) is 17.9. The molecule has 0 atom stereocenters. The van der Waals surface area contributed by atoms with Gasteiger partial charge in [-0.05, 0) is 166 Å². The summed E-state index contributed by atoms with van der Waals surface area (Å²) >= 11 is 5.59. The Morgan fingerprint density at radius 2 is 0.585 bits per heavy atom. The van der Waals surface area contributed by atoms with Gasteiger partial charge in [0, 0.05) is 183 Å². The Morgan fingerprint density at radius 3 is 1.03 bits per heavy atom. The van der Waals surface area contributed by atoms with Crippen LogP contribution in [0.15, 0.2) is 449 Å². The summed E-state index contributed by atoms with van der Waals surface area (Å²) in [5, 5.41) is 22.6. The molecule has 1 aliphatic carbocycles. The van der Waals surface area contributed by atoms with Crippen LogP contribution >= 0.6 is 34.0 Å². The number of fused-ring (bicyclic) bond motifs is 36. The van der Waals surface area contributed by atoms with Gasteiger partial charge in [0.1, 0.15) is 33.6 Å². The number of nitrogens with zero attached hydrogens (tertiary/aromatic N) is 12. The van der Waals surface area contributed by atoms with E-state index in [9.17, 15) is 0 Å². The van der Waals surface area contributed by atoms with Gasteiger partial charge >= 0.3 is 0 Å². The van der Waals surface area contributed by atoms with E-state index in [1.807, 2.05) is 94.8 Å². The number of rotatable bonds is 9. The second-order valence-corrected chi connectivity index (χ2v) is 41.2. The van der Waals surface area contributed by atoms with Gasteiger partial charge in [-0.3, -0.25) is 15.0 Å². The molecular weight excluding hydrogens is 1850 g/mol. The molecule has 15 heteroatoms. The Balaban J connectivity index is 0.000000105.